The van der Waals surface area contributed by atoms with E-state index in [1.54, 1.807) is 0 Å². The maximum atomic E-state index is 12.1. The van der Waals surface area contributed by atoms with E-state index in [1.165, 1.54) is 0 Å². The quantitative estimate of drug-likeness (QED) is 0.913. The topological polar surface area (TPSA) is 86.5 Å². The van der Waals surface area contributed by atoms with Crippen LogP contribution >= 0.6 is 0 Å². The van der Waals surface area contributed by atoms with Gasteiger partial charge in [-0.05, 0) is 25.7 Å². The van der Waals surface area contributed by atoms with E-state index in [9.17, 15) is 4.79 Å². The molecule has 1 N–H and O–H groups in total. The van der Waals surface area contributed by atoms with Gasteiger partial charge in [-0.15, -0.1) is 10.2 Å². The number of rotatable bonds is 3. The summed E-state index contributed by atoms with van der Waals surface area (Å²) in [5, 5.41) is 10.6. The lowest BCUT2D eigenvalue weighted by Crippen LogP contribution is -2.39. The van der Waals surface area contributed by atoms with Crippen molar-refractivity contribution in [3.8, 4) is 0 Å². The van der Waals surface area contributed by atoms with Gasteiger partial charge in [0, 0.05) is 25.2 Å². The molecule has 2 fully saturated rings. The first-order valence-electron chi connectivity index (χ1n) is 8.26. The van der Waals surface area contributed by atoms with Crippen molar-refractivity contribution in [1.29, 1.82) is 0 Å². The van der Waals surface area contributed by atoms with E-state index < -0.39 is 0 Å². The molecular formula is C16H25N3O4. The van der Waals surface area contributed by atoms with Crippen molar-refractivity contribution >= 4 is 5.91 Å². The molecule has 1 spiro atoms. The minimum atomic E-state index is -0.343. The SMILES string of the molecule is CC(C)(C)c1nnc(C(=O)NCC2CCC3(CCOCC3)O2)o1. The summed E-state index contributed by atoms with van der Waals surface area (Å²) < 4.78 is 17.0. The second-order valence-electron chi connectivity index (χ2n) is 7.45. The number of amides is 1. The van der Waals surface area contributed by atoms with E-state index in [4.69, 9.17) is 13.9 Å². The maximum Gasteiger partial charge on any atom is 0.308 e. The molecule has 7 heteroatoms. The van der Waals surface area contributed by atoms with Crippen LogP contribution < -0.4 is 5.32 Å². The third kappa shape index (κ3) is 3.72. The monoisotopic (exact) mass is 323 g/mol. The van der Waals surface area contributed by atoms with Crippen LogP contribution in [0.25, 0.3) is 0 Å². The number of nitrogens with zero attached hydrogens (tertiary/aromatic N) is 2. The summed E-state index contributed by atoms with van der Waals surface area (Å²) in [7, 11) is 0. The second-order valence-corrected chi connectivity index (χ2v) is 7.45. The average Bonchev–Trinajstić information content (AvgIpc) is 3.13. The Bertz CT molecular complexity index is 558. The van der Waals surface area contributed by atoms with Crippen LogP contribution in [0.15, 0.2) is 4.42 Å². The van der Waals surface area contributed by atoms with Gasteiger partial charge in [0.15, 0.2) is 0 Å². The number of hydrogen-bond donors (Lipinski definition) is 1. The molecule has 23 heavy (non-hydrogen) atoms. The molecule has 1 unspecified atom stereocenters. The molecule has 1 aromatic rings. The van der Waals surface area contributed by atoms with E-state index in [1.807, 2.05) is 20.8 Å². The van der Waals surface area contributed by atoms with Crippen LogP contribution in [0.5, 0.6) is 0 Å². The van der Waals surface area contributed by atoms with Gasteiger partial charge in [-0.2, -0.15) is 0 Å². The Hall–Kier alpha value is -1.47. The first kappa shape index (κ1) is 16.4. The summed E-state index contributed by atoms with van der Waals surface area (Å²) in [6.45, 7) is 7.87. The highest BCUT2D eigenvalue weighted by atomic mass is 16.5. The van der Waals surface area contributed by atoms with Gasteiger partial charge >= 0.3 is 11.8 Å². The largest absolute Gasteiger partial charge is 0.416 e. The molecule has 0 saturated carbocycles. The molecule has 7 nitrogen and oxygen atoms in total. The van der Waals surface area contributed by atoms with Crippen LogP contribution in [0.3, 0.4) is 0 Å². The highest BCUT2D eigenvalue weighted by Gasteiger charge is 2.41. The number of aromatic nitrogens is 2. The summed E-state index contributed by atoms with van der Waals surface area (Å²) >= 11 is 0. The Morgan fingerprint density at radius 2 is 2.00 bits per heavy atom. The van der Waals surface area contributed by atoms with Crippen LogP contribution in [0.2, 0.25) is 0 Å². The van der Waals surface area contributed by atoms with Gasteiger partial charge in [-0.1, -0.05) is 20.8 Å². The van der Waals surface area contributed by atoms with E-state index in [0.717, 1.165) is 38.9 Å². The molecule has 1 amide bonds. The van der Waals surface area contributed by atoms with E-state index in [0.29, 0.717) is 12.4 Å². The third-order valence-corrected chi connectivity index (χ3v) is 4.49. The molecule has 0 aromatic carbocycles. The summed E-state index contributed by atoms with van der Waals surface area (Å²) in [4.78, 5) is 12.1. The lowest BCUT2D eigenvalue weighted by atomic mass is 9.91. The fourth-order valence-corrected chi connectivity index (χ4v) is 3.05. The minimum absolute atomic E-state index is 0.00806. The normalized spacial score (nSPS) is 24.0. The van der Waals surface area contributed by atoms with Crippen molar-refractivity contribution in [2.45, 2.75) is 63.6 Å². The molecule has 0 radical (unpaired) electrons. The first-order chi connectivity index (χ1) is 10.9. The van der Waals surface area contributed by atoms with E-state index in [2.05, 4.69) is 15.5 Å². The van der Waals surface area contributed by atoms with Gasteiger partial charge in [-0.3, -0.25) is 4.79 Å². The van der Waals surface area contributed by atoms with Crippen molar-refractivity contribution in [1.82, 2.24) is 15.5 Å². The molecular weight excluding hydrogens is 298 g/mol. The number of ether oxygens (including phenoxy) is 2. The zero-order chi connectivity index (χ0) is 16.5. The van der Waals surface area contributed by atoms with Gasteiger partial charge in [0.05, 0.1) is 11.7 Å². The molecule has 128 valence electrons. The lowest BCUT2D eigenvalue weighted by Gasteiger charge is -2.33. The standard InChI is InChI=1S/C16H25N3O4/c1-15(2,3)14-19-18-13(22-14)12(20)17-10-11-4-5-16(23-11)6-8-21-9-7-16/h11H,4-10H2,1-3H3,(H,17,20). The minimum Gasteiger partial charge on any atom is -0.416 e. The number of carbonyl (C=O) groups is 1. The number of nitrogens with one attached hydrogen (secondary N) is 1. The van der Waals surface area contributed by atoms with Crippen LogP contribution in [0.4, 0.5) is 0 Å². The number of hydrogen-bond acceptors (Lipinski definition) is 6. The predicted molar refractivity (Wildman–Crippen MR) is 82.2 cm³/mol. The summed E-state index contributed by atoms with van der Waals surface area (Å²) in [5.74, 6) is 0.124. The summed E-state index contributed by atoms with van der Waals surface area (Å²) in [5.41, 5.74) is -0.312. The molecule has 3 heterocycles. The molecule has 3 rings (SSSR count). The van der Waals surface area contributed by atoms with E-state index in [-0.39, 0.29) is 28.9 Å². The zero-order valence-electron chi connectivity index (χ0n) is 14.1. The Labute approximate surface area is 136 Å². The van der Waals surface area contributed by atoms with Crippen molar-refractivity contribution in [3.05, 3.63) is 11.8 Å². The first-order valence-corrected chi connectivity index (χ1v) is 8.26. The summed E-state index contributed by atoms with van der Waals surface area (Å²) in [6, 6.07) is 0. The van der Waals surface area contributed by atoms with Gasteiger partial charge in [0.1, 0.15) is 0 Å². The summed E-state index contributed by atoms with van der Waals surface area (Å²) in [6.07, 6.45) is 3.91. The van der Waals surface area contributed by atoms with Crippen molar-refractivity contribution in [3.63, 3.8) is 0 Å². The Morgan fingerprint density at radius 1 is 1.26 bits per heavy atom. The van der Waals surface area contributed by atoms with Crippen LogP contribution in [0.1, 0.15) is 63.0 Å². The molecule has 0 bridgehead atoms. The Morgan fingerprint density at radius 3 is 2.65 bits per heavy atom. The van der Waals surface area contributed by atoms with Crippen LogP contribution in [-0.4, -0.2) is 47.6 Å². The second kappa shape index (κ2) is 6.20. The van der Waals surface area contributed by atoms with Gasteiger partial charge in [-0.25, -0.2) is 0 Å². The molecule has 2 aliphatic rings. The Kier molecular flexibility index (Phi) is 4.42. The molecule has 2 aliphatic heterocycles. The van der Waals surface area contributed by atoms with Crippen molar-refractivity contribution in [2.75, 3.05) is 19.8 Å². The lowest BCUT2D eigenvalue weighted by molar-refractivity contribution is -0.102. The highest BCUT2D eigenvalue weighted by Crippen LogP contribution is 2.38. The van der Waals surface area contributed by atoms with Crippen molar-refractivity contribution < 1.29 is 18.7 Å². The van der Waals surface area contributed by atoms with E-state index >= 15 is 0 Å². The fraction of sp³-hybridized carbons (Fsp3) is 0.812. The molecule has 1 atom stereocenters. The van der Waals surface area contributed by atoms with Crippen LogP contribution in [0, 0.1) is 0 Å². The molecule has 0 aliphatic carbocycles. The predicted octanol–water partition coefficient (Wildman–Crippen LogP) is 1.83. The highest BCUT2D eigenvalue weighted by molar-refractivity contribution is 5.89. The zero-order valence-corrected chi connectivity index (χ0v) is 14.1. The maximum absolute atomic E-state index is 12.1. The van der Waals surface area contributed by atoms with Crippen LogP contribution in [-0.2, 0) is 14.9 Å². The Balaban J connectivity index is 1.51. The molecule has 1 aromatic heterocycles. The van der Waals surface area contributed by atoms with Crippen molar-refractivity contribution in [2.24, 2.45) is 0 Å². The third-order valence-electron chi connectivity index (χ3n) is 4.49. The van der Waals surface area contributed by atoms with Gasteiger partial charge in [0.25, 0.3) is 0 Å². The molecule has 2 saturated heterocycles. The fourth-order valence-electron chi connectivity index (χ4n) is 3.05. The van der Waals surface area contributed by atoms with Gasteiger partial charge < -0.3 is 19.2 Å². The number of carbonyl (C=O) groups excluding carboxylic acids is 1. The van der Waals surface area contributed by atoms with Gasteiger partial charge in [0.2, 0.25) is 5.89 Å². The average molecular weight is 323 g/mol. The smallest absolute Gasteiger partial charge is 0.308 e.